The summed E-state index contributed by atoms with van der Waals surface area (Å²) >= 11 is 0. The maximum atomic E-state index is 13.6. The van der Waals surface area contributed by atoms with Crippen LogP contribution in [0.25, 0.3) is 11.0 Å². The minimum Gasteiger partial charge on any atom is -0.369 e. The van der Waals surface area contributed by atoms with Crippen LogP contribution in [0.4, 0.5) is 10.3 Å². The predicted molar refractivity (Wildman–Crippen MR) is 81.6 cm³/mol. The van der Waals surface area contributed by atoms with E-state index in [9.17, 15) is 4.39 Å². The van der Waals surface area contributed by atoms with Gasteiger partial charge in [-0.3, -0.25) is 4.98 Å². The van der Waals surface area contributed by atoms with E-state index < -0.39 is 0 Å². The van der Waals surface area contributed by atoms with E-state index in [-0.39, 0.29) is 5.82 Å². The van der Waals surface area contributed by atoms with Crippen molar-refractivity contribution in [2.24, 2.45) is 0 Å². The Morgan fingerprint density at radius 3 is 2.90 bits per heavy atom. The molecule has 2 aromatic heterocycles. The van der Waals surface area contributed by atoms with Gasteiger partial charge in [0.2, 0.25) is 5.95 Å². The standard InChI is InChI=1S/C16H17FN4/c1-3-11-5-4-6-19-14(11)9-21-15-7-10(2)12(17)8-13(15)20-16(21)18/h4-8H,3,9H2,1-2H3,(H2,18,20). The molecule has 0 atom stereocenters. The van der Waals surface area contributed by atoms with Gasteiger partial charge in [-0.25, -0.2) is 9.37 Å². The predicted octanol–water partition coefficient (Wildman–Crippen LogP) is 3.07. The van der Waals surface area contributed by atoms with Gasteiger partial charge < -0.3 is 10.3 Å². The van der Waals surface area contributed by atoms with Gasteiger partial charge in [0.1, 0.15) is 5.82 Å². The molecule has 4 nitrogen and oxygen atoms in total. The van der Waals surface area contributed by atoms with Gasteiger partial charge in [0.05, 0.1) is 23.3 Å². The molecule has 1 aromatic carbocycles. The Balaban J connectivity index is 2.12. The monoisotopic (exact) mass is 284 g/mol. The molecule has 0 aliphatic carbocycles. The van der Waals surface area contributed by atoms with E-state index in [0.29, 0.717) is 23.6 Å². The first-order valence-electron chi connectivity index (χ1n) is 6.94. The lowest BCUT2D eigenvalue weighted by atomic mass is 10.1. The average Bonchev–Trinajstić information content (AvgIpc) is 2.76. The van der Waals surface area contributed by atoms with Gasteiger partial charge in [-0.1, -0.05) is 13.0 Å². The number of aromatic nitrogens is 3. The highest BCUT2D eigenvalue weighted by Gasteiger charge is 2.13. The molecule has 0 saturated heterocycles. The van der Waals surface area contributed by atoms with E-state index in [1.54, 1.807) is 19.2 Å². The zero-order valence-corrected chi connectivity index (χ0v) is 12.1. The Labute approximate surface area is 122 Å². The van der Waals surface area contributed by atoms with Crippen LogP contribution in [-0.4, -0.2) is 14.5 Å². The fourth-order valence-electron chi connectivity index (χ4n) is 2.52. The first kappa shape index (κ1) is 13.5. The molecule has 0 bridgehead atoms. The molecule has 0 amide bonds. The Morgan fingerprint density at radius 2 is 2.14 bits per heavy atom. The Hall–Kier alpha value is -2.43. The molecule has 3 rings (SSSR count). The van der Waals surface area contributed by atoms with E-state index in [4.69, 9.17) is 5.73 Å². The molecular weight excluding hydrogens is 267 g/mol. The van der Waals surface area contributed by atoms with Crippen LogP contribution in [0.1, 0.15) is 23.7 Å². The number of benzene rings is 1. The topological polar surface area (TPSA) is 56.7 Å². The Morgan fingerprint density at radius 1 is 1.33 bits per heavy atom. The van der Waals surface area contributed by atoms with Crippen LogP contribution < -0.4 is 5.73 Å². The maximum absolute atomic E-state index is 13.6. The number of nitrogens with zero attached hydrogens (tertiary/aromatic N) is 3. The first-order chi connectivity index (χ1) is 10.1. The maximum Gasteiger partial charge on any atom is 0.201 e. The summed E-state index contributed by atoms with van der Waals surface area (Å²) in [6.07, 6.45) is 2.68. The van der Waals surface area contributed by atoms with Crippen molar-refractivity contribution in [2.75, 3.05) is 5.73 Å². The molecule has 0 spiro atoms. The second-order valence-corrected chi connectivity index (χ2v) is 5.11. The number of rotatable bonds is 3. The molecule has 2 N–H and O–H groups in total. The molecule has 0 radical (unpaired) electrons. The second kappa shape index (κ2) is 5.16. The SMILES string of the molecule is CCc1cccnc1Cn1c(N)nc2cc(F)c(C)cc21. The molecule has 0 saturated carbocycles. The van der Waals surface area contributed by atoms with E-state index >= 15 is 0 Å². The van der Waals surface area contributed by atoms with Gasteiger partial charge in [0.25, 0.3) is 0 Å². The van der Waals surface area contributed by atoms with Crippen LogP contribution in [0.2, 0.25) is 0 Å². The van der Waals surface area contributed by atoms with Crippen molar-refractivity contribution in [3.8, 4) is 0 Å². The van der Waals surface area contributed by atoms with E-state index in [1.165, 1.54) is 11.6 Å². The Kier molecular flexibility index (Phi) is 3.33. The zero-order chi connectivity index (χ0) is 15.0. The average molecular weight is 284 g/mol. The number of imidazole rings is 1. The van der Waals surface area contributed by atoms with Crippen LogP contribution >= 0.6 is 0 Å². The number of halogens is 1. The molecule has 108 valence electrons. The fourth-order valence-corrected chi connectivity index (χ4v) is 2.52. The van der Waals surface area contributed by atoms with Gasteiger partial charge >= 0.3 is 0 Å². The first-order valence-corrected chi connectivity index (χ1v) is 6.94. The van der Waals surface area contributed by atoms with Crippen LogP contribution in [0.3, 0.4) is 0 Å². The van der Waals surface area contributed by atoms with Crippen LogP contribution in [0, 0.1) is 12.7 Å². The van der Waals surface area contributed by atoms with Gasteiger partial charge in [0, 0.05) is 12.3 Å². The smallest absolute Gasteiger partial charge is 0.201 e. The molecule has 2 heterocycles. The van der Waals surface area contributed by atoms with Crippen molar-refractivity contribution in [3.05, 3.63) is 53.1 Å². The number of nitrogen functional groups attached to an aromatic ring is 1. The van der Waals surface area contributed by atoms with Crippen molar-refractivity contribution in [2.45, 2.75) is 26.8 Å². The molecule has 0 fully saturated rings. The molecule has 0 aliphatic rings. The summed E-state index contributed by atoms with van der Waals surface area (Å²) in [5.41, 5.74) is 10.1. The van der Waals surface area contributed by atoms with E-state index in [1.807, 2.05) is 10.6 Å². The number of nitrogens with two attached hydrogens (primary N) is 1. The molecule has 5 heteroatoms. The fraction of sp³-hybridized carbons (Fsp3) is 0.250. The quantitative estimate of drug-likeness (QED) is 0.804. The number of aryl methyl sites for hydroxylation is 2. The highest BCUT2D eigenvalue weighted by Crippen LogP contribution is 2.23. The number of anilines is 1. The lowest BCUT2D eigenvalue weighted by Gasteiger charge is -2.10. The number of pyridine rings is 1. The summed E-state index contributed by atoms with van der Waals surface area (Å²) in [5, 5.41) is 0. The number of hydrogen-bond acceptors (Lipinski definition) is 3. The summed E-state index contributed by atoms with van der Waals surface area (Å²) in [5.74, 6) is 0.113. The molecule has 0 unspecified atom stereocenters. The zero-order valence-electron chi connectivity index (χ0n) is 12.1. The van der Waals surface area contributed by atoms with Gasteiger partial charge in [0.15, 0.2) is 0 Å². The minimum atomic E-state index is -0.265. The summed E-state index contributed by atoms with van der Waals surface area (Å²) in [6.45, 7) is 4.37. The van der Waals surface area contributed by atoms with E-state index in [0.717, 1.165) is 17.6 Å². The number of hydrogen-bond donors (Lipinski definition) is 1. The van der Waals surface area contributed by atoms with Crippen LogP contribution in [0.15, 0.2) is 30.5 Å². The summed E-state index contributed by atoms with van der Waals surface area (Å²) in [7, 11) is 0. The van der Waals surface area contributed by atoms with Crippen molar-refractivity contribution in [1.82, 2.24) is 14.5 Å². The third kappa shape index (κ3) is 2.35. The Bertz CT molecular complexity index is 807. The number of fused-ring (bicyclic) bond motifs is 1. The summed E-state index contributed by atoms with van der Waals surface area (Å²) in [4.78, 5) is 8.67. The highest BCUT2D eigenvalue weighted by atomic mass is 19.1. The van der Waals surface area contributed by atoms with Crippen LogP contribution in [0.5, 0.6) is 0 Å². The van der Waals surface area contributed by atoms with Gasteiger partial charge in [-0.15, -0.1) is 0 Å². The van der Waals surface area contributed by atoms with Gasteiger partial charge in [-0.2, -0.15) is 0 Å². The van der Waals surface area contributed by atoms with E-state index in [2.05, 4.69) is 23.0 Å². The van der Waals surface area contributed by atoms with Crippen molar-refractivity contribution >= 4 is 17.0 Å². The molecule has 21 heavy (non-hydrogen) atoms. The minimum absolute atomic E-state index is 0.265. The third-order valence-electron chi connectivity index (χ3n) is 3.73. The normalized spacial score (nSPS) is 11.2. The van der Waals surface area contributed by atoms with Crippen molar-refractivity contribution < 1.29 is 4.39 Å². The van der Waals surface area contributed by atoms with Crippen LogP contribution in [-0.2, 0) is 13.0 Å². The lowest BCUT2D eigenvalue weighted by Crippen LogP contribution is -2.08. The molecular formula is C16H17FN4. The van der Waals surface area contributed by atoms with Crippen molar-refractivity contribution in [1.29, 1.82) is 0 Å². The summed E-state index contributed by atoms with van der Waals surface area (Å²) < 4.78 is 15.5. The lowest BCUT2D eigenvalue weighted by molar-refractivity contribution is 0.620. The second-order valence-electron chi connectivity index (χ2n) is 5.11. The van der Waals surface area contributed by atoms with Crippen molar-refractivity contribution in [3.63, 3.8) is 0 Å². The van der Waals surface area contributed by atoms with Gasteiger partial charge in [-0.05, 0) is 36.6 Å². The summed E-state index contributed by atoms with van der Waals surface area (Å²) in [6, 6.07) is 7.19. The highest BCUT2D eigenvalue weighted by molar-refractivity contribution is 5.79. The molecule has 0 aliphatic heterocycles. The third-order valence-corrected chi connectivity index (χ3v) is 3.73. The molecule has 3 aromatic rings. The largest absolute Gasteiger partial charge is 0.369 e.